The van der Waals surface area contributed by atoms with E-state index < -0.39 is 0 Å². The SMILES string of the molecule is CC(=NNC(=O)c1ccn(Cc2ccc(Br)cc2)n1)c1ccc2ccccc2c1. The van der Waals surface area contributed by atoms with Crippen molar-refractivity contribution in [3.63, 3.8) is 0 Å². The molecule has 0 bridgehead atoms. The molecule has 0 radical (unpaired) electrons. The third-order valence-electron chi connectivity index (χ3n) is 4.62. The Morgan fingerprint density at radius 3 is 2.59 bits per heavy atom. The molecule has 0 spiro atoms. The largest absolute Gasteiger partial charge is 0.291 e. The Labute approximate surface area is 177 Å². The Morgan fingerprint density at radius 2 is 1.79 bits per heavy atom. The molecule has 144 valence electrons. The van der Waals surface area contributed by atoms with Gasteiger partial charge in [-0.2, -0.15) is 10.2 Å². The van der Waals surface area contributed by atoms with E-state index in [-0.39, 0.29) is 5.91 Å². The number of amides is 1. The molecule has 0 saturated heterocycles. The van der Waals surface area contributed by atoms with Gasteiger partial charge in [-0.05, 0) is 53.1 Å². The smallest absolute Gasteiger partial charge is 0.268 e. The zero-order valence-electron chi connectivity index (χ0n) is 15.8. The first kappa shape index (κ1) is 19.1. The Kier molecular flexibility index (Phi) is 5.53. The van der Waals surface area contributed by atoms with Gasteiger partial charge in [-0.3, -0.25) is 9.48 Å². The molecule has 1 N–H and O–H groups in total. The molecule has 0 aliphatic carbocycles. The van der Waals surface area contributed by atoms with E-state index in [0.29, 0.717) is 12.2 Å². The number of carbonyl (C=O) groups excluding carboxylic acids is 1. The highest BCUT2D eigenvalue weighted by atomic mass is 79.9. The van der Waals surface area contributed by atoms with Crippen LogP contribution in [0.15, 0.2) is 88.6 Å². The molecule has 0 unspecified atom stereocenters. The number of rotatable bonds is 5. The van der Waals surface area contributed by atoms with Gasteiger partial charge in [-0.1, -0.05) is 64.5 Å². The number of hydrogen-bond acceptors (Lipinski definition) is 3. The highest BCUT2D eigenvalue weighted by molar-refractivity contribution is 9.10. The third-order valence-corrected chi connectivity index (χ3v) is 5.15. The van der Waals surface area contributed by atoms with Gasteiger partial charge in [-0.25, -0.2) is 5.43 Å². The van der Waals surface area contributed by atoms with Gasteiger partial charge in [0, 0.05) is 10.7 Å². The van der Waals surface area contributed by atoms with Crippen LogP contribution in [0.25, 0.3) is 10.8 Å². The number of fused-ring (bicyclic) bond motifs is 1. The minimum atomic E-state index is -0.334. The van der Waals surface area contributed by atoms with Crippen LogP contribution < -0.4 is 5.43 Å². The maximum Gasteiger partial charge on any atom is 0.291 e. The van der Waals surface area contributed by atoms with E-state index in [1.54, 1.807) is 16.9 Å². The van der Waals surface area contributed by atoms with Gasteiger partial charge in [-0.15, -0.1) is 0 Å². The first-order valence-electron chi connectivity index (χ1n) is 9.20. The maximum absolute atomic E-state index is 12.4. The van der Waals surface area contributed by atoms with E-state index >= 15 is 0 Å². The summed E-state index contributed by atoms with van der Waals surface area (Å²) in [5.74, 6) is -0.334. The van der Waals surface area contributed by atoms with E-state index in [2.05, 4.69) is 55.8 Å². The van der Waals surface area contributed by atoms with Gasteiger partial charge in [0.15, 0.2) is 5.69 Å². The van der Waals surface area contributed by atoms with Gasteiger partial charge in [0.25, 0.3) is 5.91 Å². The summed E-state index contributed by atoms with van der Waals surface area (Å²) in [5.41, 5.74) is 5.73. The summed E-state index contributed by atoms with van der Waals surface area (Å²) in [7, 11) is 0. The quantitative estimate of drug-likeness (QED) is 0.346. The average molecular weight is 447 g/mol. The predicted molar refractivity (Wildman–Crippen MR) is 119 cm³/mol. The van der Waals surface area contributed by atoms with Crippen molar-refractivity contribution in [3.8, 4) is 0 Å². The molecule has 0 aliphatic rings. The molecule has 1 aromatic heterocycles. The summed E-state index contributed by atoms with van der Waals surface area (Å²) >= 11 is 3.42. The number of aromatic nitrogens is 2. The number of hydrazone groups is 1. The molecule has 4 rings (SSSR count). The Bertz CT molecular complexity index is 1190. The first-order chi connectivity index (χ1) is 14.1. The third kappa shape index (κ3) is 4.60. The van der Waals surface area contributed by atoms with E-state index in [1.807, 2.05) is 49.4 Å². The van der Waals surface area contributed by atoms with E-state index in [9.17, 15) is 4.79 Å². The molecule has 0 saturated carbocycles. The molecular formula is C23H19BrN4O. The van der Waals surface area contributed by atoms with Crippen molar-refractivity contribution in [1.29, 1.82) is 0 Å². The highest BCUT2D eigenvalue weighted by Gasteiger charge is 2.09. The van der Waals surface area contributed by atoms with Crippen molar-refractivity contribution in [2.24, 2.45) is 5.10 Å². The minimum absolute atomic E-state index is 0.331. The molecule has 1 heterocycles. The second-order valence-corrected chi connectivity index (χ2v) is 7.64. The van der Waals surface area contributed by atoms with Gasteiger partial charge in [0.1, 0.15) is 0 Å². The van der Waals surface area contributed by atoms with Crippen LogP contribution in [-0.4, -0.2) is 21.4 Å². The van der Waals surface area contributed by atoms with Crippen LogP contribution in [0.2, 0.25) is 0 Å². The summed E-state index contributed by atoms with van der Waals surface area (Å²) in [6.07, 6.45) is 1.79. The number of hydrogen-bond donors (Lipinski definition) is 1. The Morgan fingerprint density at radius 1 is 1.03 bits per heavy atom. The molecule has 6 heteroatoms. The van der Waals surface area contributed by atoms with Crippen LogP contribution in [0, 0.1) is 0 Å². The van der Waals surface area contributed by atoms with Gasteiger partial charge in [0.05, 0.1) is 12.3 Å². The van der Waals surface area contributed by atoms with Gasteiger partial charge in [0.2, 0.25) is 0 Å². The molecule has 0 fully saturated rings. The normalized spacial score (nSPS) is 11.6. The fourth-order valence-corrected chi connectivity index (χ4v) is 3.28. The lowest BCUT2D eigenvalue weighted by Crippen LogP contribution is -2.20. The highest BCUT2D eigenvalue weighted by Crippen LogP contribution is 2.16. The van der Waals surface area contributed by atoms with E-state index in [0.717, 1.165) is 26.7 Å². The van der Waals surface area contributed by atoms with Crippen LogP contribution in [-0.2, 0) is 6.54 Å². The summed E-state index contributed by atoms with van der Waals surface area (Å²) in [6.45, 7) is 2.47. The summed E-state index contributed by atoms with van der Waals surface area (Å²) in [6, 6.07) is 23.9. The Balaban J connectivity index is 1.43. The second-order valence-electron chi connectivity index (χ2n) is 6.73. The van der Waals surface area contributed by atoms with Crippen LogP contribution in [0.5, 0.6) is 0 Å². The van der Waals surface area contributed by atoms with Gasteiger partial charge >= 0.3 is 0 Å². The zero-order chi connectivity index (χ0) is 20.2. The predicted octanol–water partition coefficient (Wildman–Crippen LogP) is 5.00. The molecule has 3 aromatic carbocycles. The first-order valence-corrected chi connectivity index (χ1v) is 9.99. The van der Waals surface area contributed by atoms with E-state index in [4.69, 9.17) is 0 Å². The summed E-state index contributed by atoms with van der Waals surface area (Å²) in [5, 5.41) is 10.9. The van der Waals surface area contributed by atoms with Crippen molar-refractivity contribution in [2.45, 2.75) is 13.5 Å². The molecule has 0 aliphatic heterocycles. The van der Waals surface area contributed by atoms with Crippen molar-refractivity contribution in [1.82, 2.24) is 15.2 Å². The number of carbonyl (C=O) groups is 1. The number of nitrogens with one attached hydrogen (secondary N) is 1. The van der Waals surface area contributed by atoms with E-state index in [1.165, 1.54) is 5.39 Å². The fourth-order valence-electron chi connectivity index (χ4n) is 3.02. The van der Waals surface area contributed by atoms with Crippen LogP contribution in [0.4, 0.5) is 0 Å². The molecule has 5 nitrogen and oxygen atoms in total. The minimum Gasteiger partial charge on any atom is -0.268 e. The van der Waals surface area contributed by atoms with Crippen LogP contribution >= 0.6 is 15.9 Å². The fraction of sp³-hybridized carbons (Fsp3) is 0.0870. The van der Waals surface area contributed by atoms with Crippen molar-refractivity contribution in [2.75, 3.05) is 0 Å². The summed E-state index contributed by atoms with van der Waals surface area (Å²) in [4.78, 5) is 12.4. The molecular weight excluding hydrogens is 428 g/mol. The molecule has 0 atom stereocenters. The van der Waals surface area contributed by atoms with Crippen LogP contribution in [0.3, 0.4) is 0 Å². The average Bonchev–Trinajstić information content (AvgIpc) is 3.21. The van der Waals surface area contributed by atoms with Crippen LogP contribution in [0.1, 0.15) is 28.5 Å². The lowest BCUT2D eigenvalue weighted by molar-refractivity contribution is 0.0949. The molecule has 1 amide bonds. The lowest BCUT2D eigenvalue weighted by atomic mass is 10.0. The molecule has 4 aromatic rings. The lowest BCUT2D eigenvalue weighted by Gasteiger charge is -2.04. The van der Waals surface area contributed by atoms with Crippen molar-refractivity contribution >= 4 is 38.3 Å². The number of nitrogens with zero attached hydrogens (tertiary/aromatic N) is 3. The standard InChI is InChI=1S/C23H19BrN4O/c1-16(19-9-8-18-4-2-3-5-20(18)14-19)25-26-23(29)22-12-13-28(27-22)15-17-6-10-21(24)11-7-17/h2-14H,15H2,1H3,(H,26,29). The number of benzene rings is 3. The maximum atomic E-state index is 12.4. The zero-order valence-corrected chi connectivity index (χ0v) is 17.4. The van der Waals surface area contributed by atoms with Crippen molar-refractivity contribution < 1.29 is 4.79 Å². The monoisotopic (exact) mass is 446 g/mol. The van der Waals surface area contributed by atoms with Gasteiger partial charge < -0.3 is 0 Å². The van der Waals surface area contributed by atoms with Crippen molar-refractivity contribution in [3.05, 3.63) is 100 Å². The second kappa shape index (κ2) is 8.41. The molecule has 29 heavy (non-hydrogen) atoms. The summed E-state index contributed by atoms with van der Waals surface area (Å²) < 4.78 is 2.76. The Hall–Kier alpha value is -3.25. The topological polar surface area (TPSA) is 59.3 Å². The number of halogens is 1.